The highest BCUT2D eigenvalue weighted by Crippen LogP contribution is 2.18. The molecule has 0 saturated heterocycles. The van der Waals surface area contributed by atoms with E-state index in [-0.39, 0.29) is 16.9 Å². The lowest BCUT2D eigenvalue weighted by Crippen LogP contribution is -2.13. The van der Waals surface area contributed by atoms with E-state index in [0.29, 0.717) is 0 Å². The minimum atomic E-state index is -1.33. The van der Waals surface area contributed by atoms with E-state index >= 15 is 0 Å². The molecule has 0 bridgehead atoms. The van der Waals surface area contributed by atoms with Crippen LogP contribution in [0.5, 0.6) is 0 Å². The lowest BCUT2D eigenvalue weighted by atomic mass is 10.2. The van der Waals surface area contributed by atoms with Crippen LogP contribution in [0.4, 0.5) is 10.1 Å². The van der Waals surface area contributed by atoms with Crippen molar-refractivity contribution >= 4 is 17.6 Å². The SMILES string of the molecule is Cc1c(F)cccc1NC(=O)c1cc(C(=O)O)on1. The van der Waals surface area contributed by atoms with Crippen molar-refractivity contribution in [2.75, 3.05) is 5.32 Å². The maximum atomic E-state index is 13.3. The summed E-state index contributed by atoms with van der Waals surface area (Å²) < 4.78 is 17.7. The molecule has 7 heteroatoms. The summed E-state index contributed by atoms with van der Waals surface area (Å²) >= 11 is 0. The number of hydrogen-bond donors (Lipinski definition) is 2. The Hall–Kier alpha value is -2.70. The number of rotatable bonds is 3. The number of halogens is 1. The van der Waals surface area contributed by atoms with Crippen molar-refractivity contribution in [2.45, 2.75) is 6.92 Å². The highest BCUT2D eigenvalue weighted by molar-refractivity contribution is 6.04. The van der Waals surface area contributed by atoms with Gasteiger partial charge in [-0.2, -0.15) is 0 Å². The third-order valence-electron chi connectivity index (χ3n) is 2.47. The van der Waals surface area contributed by atoms with Crippen molar-refractivity contribution in [3.63, 3.8) is 0 Å². The Morgan fingerprint density at radius 2 is 2.16 bits per heavy atom. The lowest BCUT2D eigenvalue weighted by molar-refractivity contribution is 0.0651. The predicted octanol–water partition coefficient (Wildman–Crippen LogP) is 2.07. The number of benzene rings is 1. The summed E-state index contributed by atoms with van der Waals surface area (Å²) in [6.07, 6.45) is 0. The van der Waals surface area contributed by atoms with Crippen LogP contribution in [0.25, 0.3) is 0 Å². The summed E-state index contributed by atoms with van der Waals surface area (Å²) in [4.78, 5) is 22.3. The standard InChI is InChI=1S/C12H9FN2O4/c1-6-7(13)3-2-4-8(6)14-11(16)9-5-10(12(17)18)19-15-9/h2-5H,1H3,(H,14,16)(H,17,18). The van der Waals surface area contributed by atoms with E-state index in [1.165, 1.54) is 25.1 Å². The lowest BCUT2D eigenvalue weighted by Gasteiger charge is -2.06. The third-order valence-corrected chi connectivity index (χ3v) is 2.47. The highest BCUT2D eigenvalue weighted by atomic mass is 19.1. The van der Waals surface area contributed by atoms with Gasteiger partial charge in [0, 0.05) is 17.3 Å². The van der Waals surface area contributed by atoms with Crippen LogP contribution >= 0.6 is 0 Å². The van der Waals surface area contributed by atoms with Crippen molar-refractivity contribution < 1.29 is 23.6 Å². The average molecular weight is 264 g/mol. The van der Waals surface area contributed by atoms with Crippen molar-refractivity contribution in [3.05, 3.63) is 47.1 Å². The summed E-state index contributed by atoms with van der Waals surface area (Å²) in [6.45, 7) is 1.51. The van der Waals surface area contributed by atoms with Crippen LogP contribution < -0.4 is 5.32 Å². The largest absolute Gasteiger partial charge is 0.475 e. The fourth-order valence-corrected chi connectivity index (χ4v) is 1.41. The molecular formula is C12H9FN2O4. The van der Waals surface area contributed by atoms with Gasteiger partial charge in [0.1, 0.15) is 5.82 Å². The van der Waals surface area contributed by atoms with Gasteiger partial charge in [0.05, 0.1) is 0 Å². The number of aromatic nitrogens is 1. The van der Waals surface area contributed by atoms with Crippen LogP contribution in [0.2, 0.25) is 0 Å². The van der Waals surface area contributed by atoms with Gasteiger partial charge in [-0.25, -0.2) is 9.18 Å². The van der Waals surface area contributed by atoms with E-state index in [2.05, 4.69) is 15.0 Å². The first-order valence-corrected chi connectivity index (χ1v) is 5.25. The first kappa shape index (κ1) is 12.7. The number of anilines is 1. The number of hydrogen-bond acceptors (Lipinski definition) is 4. The van der Waals surface area contributed by atoms with Gasteiger partial charge < -0.3 is 14.9 Å². The Labute approximate surface area is 106 Å². The topological polar surface area (TPSA) is 92.4 Å². The zero-order valence-electron chi connectivity index (χ0n) is 9.81. The van der Waals surface area contributed by atoms with Crippen molar-refractivity contribution in [1.82, 2.24) is 5.16 Å². The Morgan fingerprint density at radius 3 is 2.79 bits per heavy atom. The summed E-state index contributed by atoms with van der Waals surface area (Å²) in [5, 5.41) is 14.4. The molecule has 1 aromatic carbocycles. The number of amides is 1. The molecular weight excluding hydrogens is 255 g/mol. The monoisotopic (exact) mass is 264 g/mol. The molecule has 0 saturated carbocycles. The Balaban J connectivity index is 2.21. The zero-order valence-corrected chi connectivity index (χ0v) is 9.81. The Morgan fingerprint density at radius 1 is 1.42 bits per heavy atom. The molecule has 1 heterocycles. The molecule has 2 rings (SSSR count). The summed E-state index contributed by atoms with van der Waals surface area (Å²) in [5.41, 5.74) is 0.365. The molecule has 0 aliphatic carbocycles. The minimum absolute atomic E-state index is 0.193. The maximum Gasteiger partial charge on any atom is 0.374 e. The zero-order chi connectivity index (χ0) is 14.0. The second-order valence-corrected chi connectivity index (χ2v) is 3.75. The van der Waals surface area contributed by atoms with Gasteiger partial charge in [-0.15, -0.1) is 0 Å². The second-order valence-electron chi connectivity index (χ2n) is 3.75. The molecule has 0 unspecified atom stereocenters. The van der Waals surface area contributed by atoms with Gasteiger partial charge in [-0.3, -0.25) is 4.79 Å². The van der Waals surface area contributed by atoms with Gasteiger partial charge in [-0.05, 0) is 19.1 Å². The molecule has 1 aromatic heterocycles. The maximum absolute atomic E-state index is 13.3. The number of carboxylic acids is 1. The number of aromatic carboxylic acids is 1. The van der Waals surface area contributed by atoms with Crippen LogP contribution in [0.15, 0.2) is 28.8 Å². The molecule has 0 radical (unpaired) electrons. The number of nitrogens with one attached hydrogen (secondary N) is 1. The molecule has 19 heavy (non-hydrogen) atoms. The van der Waals surface area contributed by atoms with E-state index in [1.807, 2.05) is 0 Å². The summed E-state index contributed by atoms with van der Waals surface area (Å²) in [6, 6.07) is 5.23. The molecule has 0 aliphatic heterocycles. The van der Waals surface area contributed by atoms with E-state index in [0.717, 1.165) is 6.07 Å². The van der Waals surface area contributed by atoms with Gasteiger partial charge in [0.15, 0.2) is 5.69 Å². The molecule has 98 valence electrons. The van der Waals surface area contributed by atoms with Gasteiger partial charge in [0.2, 0.25) is 5.76 Å². The first-order valence-electron chi connectivity index (χ1n) is 5.25. The number of carbonyl (C=O) groups excluding carboxylic acids is 1. The van der Waals surface area contributed by atoms with Crippen molar-refractivity contribution in [2.24, 2.45) is 0 Å². The third kappa shape index (κ3) is 2.59. The van der Waals surface area contributed by atoms with Crippen LogP contribution in [0, 0.1) is 12.7 Å². The highest BCUT2D eigenvalue weighted by Gasteiger charge is 2.17. The number of nitrogens with zero attached hydrogens (tertiary/aromatic N) is 1. The fourth-order valence-electron chi connectivity index (χ4n) is 1.41. The van der Waals surface area contributed by atoms with E-state index in [9.17, 15) is 14.0 Å². The normalized spacial score (nSPS) is 10.2. The van der Waals surface area contributed by atoms with Gasteiger partial charge >= 0.3 is 5.97 Å². The molecule has 0 aliphatic rings. The first-order chi connectivity index (χ1) is 8.99. The van der Waals surface area contributed by atoms with Gasteiger partial charge in [0.25, 0.3) is 5.91 Å². The van der Waals surface area contributed by atoms with Gasteiger partial charge in [-0.1, -0.05) is 11.2 Å². The Kier molecular flexibility index (Phi) is 3.28. The smallest absolute Gasteiger partial charge is 0.374 e. The molecule has 6 nitrogen and oxygen atoms in total. The van der Waals surface area contributed by atoms with Crippen molar-refractivity contribution in [3.8, 4) is 0 Å². The molecule has 0 atom stereocenters. The Bertz CT molecular complexity index is 651. The molecule has 0 spiro atoms. The molecule has 0 fully saturated rings. The van der Waals surface area contributed by atoms with Crippen LogP contribution in [-0.2, 0) is 0 Å². The van der Waals surface area contributed by atoms with Crippen LogP contribution in [0.1, 0.15) is 26.6 Å². The number of carbonyl (C=O) groups is 2. The van der Waals surface area contributed by atoms with Crippen LogP contribution in [0.3, 0.4) is 0 Å². The quantitative estimate of drug-likeness (QED) is 0.885. The average Bonchev–Trinajstić information content (AvgIpc) is 2.84. The second kappa shape index (κ2) is 4.89. The van der Waals surface area contributed by atoms with E-state index in [4.69, 9.17) is 5.11 Å². The predicted molar refractivity (Wildman–Crippen MR) is 62.6 cm³/mol. The van der Waals surface area contributed by atoms with Crippen molar-refractivity contribution in [1.29, 1.82) is 0 Å². The molecule has 2 N–H and O–H groups in total. The number of carboxylic acid groups (broad SMARTS) is 1. The fraction of sp³-hybridized carbons (Fsp3) is 0.0833. The minimum Gasteiger partial charge on any atom is -0.475 e. The molecule has 2 aromatic rings. The van der Waals surface area contributed by atoms with Crippen LogP contribution in [-0.4, -0.2) is 22.1 Å². The molecule has 1 amide bonds. The summed E-state index contributed by atoms with van der Waals surface area (Å²) in [5.74, 6) is -2.90. The van der Waals surface area contributed by atoms with E-state index < -0.39 is 23.5 Å². The van der Waals surface area contributed by atoms with E-state index in [1.54, 1.807) is 0 Å². The summed E-state index contributed by atoms with van der Waals surface area (Å²) in [7, 11) is 0.